The van der Waals surface area contributed by atoms with Gasteiger partial charge in [-0.05, 0) is 58.6 Å². The van der Waals surface area contributed by atoms with Crippen LogP contribution >= 0.6 is 23.1 Å². The van der Waals surface area contributed by atoms with Crippen molar-refractivity contribution in [3.05, 3.63) is 82.0 Å². The average molecular weight is 423 g/mol. The Kier molecular flexibility index (Phi) is 6.32. The van der Waals surface area contributed by atoms with Crippen molar-refractivity contribution in [3.63, 3.8) is 0 Å². The number of benzene rings is 2. The summed E-state index contributed by atoms with van der Waals surface area (Å²) >= 11 is 3.37. The molecular formula is C23H22N2O2S2. The van der Waals surface area contributed by atoms with E-state index in [0.717, 1.165) is 34.9 Å². The molecule has 0 aliphatic carbocycles. The molecule has 0 unspecified atom stereocenters. The Morgan fingerprint density at radius 3 is 2.62 bits per heavy atom. The predicted octanol–water partition coefficient (Wildman–Crippen LogP) is 5.10. The molecule has 2 heterocycles. The second-order valence-corrected chi connectivity index (χ2v) is 8.71. The average Bonchev–Trinajstić information content (AvgIpc) is 3.43. The van der Waals surface area contributed by atoms with E-state index in [1.807, 2.05) is 53.4 Å². The van der Waals surface area contributed by atoms with E-state index >= 15 is 0 Å². The molecule has 0 bridgehead atoms. The molecule has 0 atom stereocenters. The van der Waals surface area contributed by atoms with Gasteiger partial charge in [0.1, 0.15) is 0 Å². The second kappa shape index (κ2) is 9.29. The second-order valence-electron chi connectivity index (χ2n) is 6.91. The van der Waals surface area contributed by atoms with Crippen molar-refractivity contribution >= 4 is 40.6 Å². The minimum Gasteiger partial charge on any atom is -0.348 e. The van der Waals surface area contributed by atoms with Crippen LogP contribution in [0.2, 0.25) is 0 Å². The van der Waals surface area contributed by atoms with E-state index in [-0.39, 0.29) is 11.8 Å². The van der Waals surface area contributed by atoms with E-state index in [2.05, 4.69) is 22.1 Å². The highest BCUT2D eigenvalue weighted by Gasteiger charge is 2.21. The first-order valence-electron chi connectivity index (χ1n) is 9.61. The Hall–Kier alpha value is -2.57. The maximum absolute atomic E-state index is 12.7. The summed E-state index contributed by atoms with van der Waals surface area (Å²) in [5.74, 6) is 0.963. The van der Waals surface area contributed by atoms with Gasteiger partial charge in [-0.25, -0.2) is 0 Å². The molecule has 2 aromatic carbocycles. The van der Waals surface area contributed by atoms with Gasteiger partial charge in [0.2, 0.25) is 5.91 Å². The monoisotopic (exact) mass is 422 g/mol. The van der Waals surface area contributed by atoms with Crippen LogP contribution in [0.25, 0.3) is 0 Å². The molecule has 1 aliphatic rings. The van der Waals surface area contributed by atoms with Crippen LogP contribution in [0.15, 0.2) is 70.3 Å². The summed E-state index contributed by atoms with van der Waals surface area (Å²) in [6.07, 6.45) is 1.54. The van der Waals surface area contributed by atoms with Gasteiger partial charge in [-0.2, -0.15) is 11.3 Å². The van der Waals surface area contributed by atoms with E-state index in [1.54, 1.807) is 23.1 Å². The molecule has 4 rings (SSSR count). The molecule has 0 spiro atoms. The molecule has 148 valence electrons. The molecule has 3 aromatic rings. The number of thioether (sulfide) groups is 1. The Bertz CT molecular complexity index is 984. The van der Waals surface area contributed by atoms with Crippen LogP contribution < -0.4 is 10.2 Å². The van der Waals surface area contributed by atoms with E-state index in [0.29, 0.717) is 18.5 Å². The number of hydrogen-bond acceptors (Lipinski definition) is 4. The summed E-state index contributed by atoms with van der Waals surface area (Å²) in [7, 11) is 0. The van der Waals surface area contributed by atoms with Gasteiger partial charge < -0.3 is 10.2 Å². The zero-order valence-corrected chi connectivity index (χ0v) is 17.6. The number of anilines is 1. The van der Waals surface area contributed by atoms with E-state index < -0.39 is 0 Å². The zero-order valence-electron chi connectivity index (χ0n) is 16.0. The standard InChI is InChI=1S/C23H22N2O2S2/c26-22-6-3-12-25(22)19-9-7-17(8-10-19)14-24-23(27)20-4-1-2-5-21(20)29-16-18-11-13-28-15-18/h1-2,4-5,7-11,13,15H,3,6,12,14,16H2,(H,24,27). The van der Waals surface area contributed by atoms with Gasteiger partial charge in [-0.1, -0.05) is 24.3 Å². The fraction of sp³-hybridized carbons (Fsp3) is 0.217. The molecule has 29 heavy (non-hydrogen) atoms. The Morgan fingerprint density at radius 1 is 1.07 bits per heavy atom. The van der Waals surface area contributed by atoms with Crippen LogP contribution in [0.5, 0.6) is 0 Å². The minimum absolute atomic E-state index is 0.0720. The van der Waals surface area contributed by atoms with Crippen LogP contribution in [0.4, 0.5) is 5.69 Å². The summed E-state index contributed by atoms with van der Waals surface area (Å²) < 4.78 is 0. The number of rotatable bonds is 7. The van der Waals surface area contributed by atoms with E-state index in [4.69, 9.17) is 0 Å². The SMILES string of the molecule is O=C(NCc1ccc(N2CCCC2=O)cc1)c1ccccc1SCc1ccsc1. The van der Waals surface area contributed by atoms with Crippen LogP contribution in [-0.2, 0) is 17.1 Å². The Morgan fingerprint density at radius 2 is 1.90 bits per heavy atom. The molecule has 1 aliphatic heterocycles. The number of amides is 2. The Balaban J connectivity index is 1.36. The summed E-state index contributed by atoms with van der Waals surface area (Å²) in [6.45, 7) is 1.24. The first-order chi connectivity index (χ1) is 14.2. The highest BCUT2D eigenvalue weighted by Crippen LogP contribution is 2.27. The fourth-order valence-electron chi connectivity index (χ4n) is 3.31. The molecule has 4 nitrogen and oxygen atoms in total. The van der Waals surface area contributed by atoms with Crippen LogP contribution in [0.1, 0.15) is 34.3 Å². The van der Waals surface area contributed by atoms with Crippen molar-refractivity contribution in [2.45, 2.75) is 30.0 Å². The lowest BCUT2D eigenvalue weighted by Crippen LogP contribution is -2.24. The van der Waals surface area contributed by atoms with Gasteiger partial charge in [-0.15, -0.1) is 11.8 Å². The van der Waals surface area contributed by atoms with E-state index in [9.17, 15) is 9.59 Å². The minimum atomic E-state index is -0.0720. The van der Waals surface area contributed by atoms with Gasteiger partial charge in [0.25, 0.3) is 5.91 Å². The van der Waals surface area contributed by atoms with Gasteiger partial charge in [0, 0.05) is 35.8 Å². The van der Waals surface area contributed by atoms with Crippen molar-refractivity contribution in [2.75, 3.05) is 11.4 Å². The van der Waals surface area contributed by atoms with Crippen LogP contribution in [0.3, 0.4) is 0 Å². The van der Waals surface area contributed by atoms with Crippen molar-refractivity contribution < 1.29 is 9.59 Å². The van der Waals surface area contributed by atoms with Crippen molar-refractivity contribution in [1.29, 1.82) is 0 Å². The molecule has 0 radical (unpaired) electrons. The number of nitrogens with zero attached hydrogens (tertiary/aromatic N) is 1. The third-order valence-corrected chi connectivity index (χ3v) is 6.76. The highest BCUT2D eigenvalue weighted by atomic mass is 32.2. The molecule has 1 saturated heterocycles. The lowest BCUT2D eigenvalue weighted by atomic mass is 10.1. The summed E-state index contributed by atoms with van der Waals surface area (Å²) in [4.78, 5) is 27.4. The first-order valence-corrected chi connectivity index (χ1v) is 11.5. The van der Waals surface area contributed by atoms with Gasteiger partial charge in [0.15, 0.2) is 0 Å². The summed E-state index contributed by atoms with van der Waals surface area (Å²) in [5, 5.41) is 7.22. The van der Waals surface area contributed by atoms with Gasteiger partial charge in [0.05, 0.1) is 5.56 Å². The van der Waals surface area contributed by atoms with Crippen LogP contribution in [0, 0.1) is 0 Å². The molecule has 0 saturated carbocycles. The summed E-state index contributed by atoms with van der Waals surface area (Å²) in [6, 6.07) is 17.7. The Labute approximate surface area is 178 Å². The zero-order chi connectivity index (χ0) is 20.1. The molecule has 1 N–H and O–H groups in total. The van der Waals surface area contributed by atoms with E-state index in [1.165, 1.54) is 5.56 Å². The quantitative estimate of drug-likeness (QED) is 0.539. The van der Waals surface area contributed by atoms with Gasteiger partial charge >= 0.3 is 0 Å². The molecule has 2 amide bonds. The maximum Gasteiger partial charge on any atom is 0.252 e. The summed E-state index contributed by atoms with van der Waals surface area (Å²) in [5.41, 5.74) is 3.91. The number of hydrogen-bond donors (Lipinski definition) is 1. The largest absolute Gasteiger partial charge is 0.348 e. The fourth-order valence-corrected chi connectivity index (χ4v) is 5.08. The van der Waals surface area contributed by atoms with Crippen molar-refractivity contribution in [3.8, 4) is 0 Å². The van der Waals surface area contributed by atoms with Gasteiger partial charge in [-0.3, -0.25) is 9.59 Å². The normalized spacial score (nSPS) is 13.7. The molecule has 1 aromatic heterocycles. The predicted molar refractivity (Wildman–Crippen MR) is 120 cm³/mol. The highest BCUT2D eigenvalue weighted by molar-refractivity contribution is 7.98. The number of nitrogens with one attached hydrogen (secondary N) is 1. The third-order valence-electron chi connectivity index (χ3n) is 4.88. The molecule has 6 heteroatoms. The number of carbonyl (C=O) groups is 2. The molecular weight excluding hydrogens is 400 g/mol. The topological polar surface area (TPSA) is 49.4 Å². The lowest BCUT2D eigenvalue weighted by Gasteiger charge is -2.16. The van der Waals surface area contributed by atoms with Crippen LogP contribution in [-0.4, -0.2) is 18.4 Å². The smallest absolute Gasteiger partial charge is 0.252 e. The first kappa shape index (κ1) is 19.7. The lowest BCUT2D eigenvalue weighted by molar-refractivity contribution is -0.117. The van der Waals surface area contributed by atoms with Crippen molar-refractivity contribution in [1.82, 2.24) is 5.32 Å². The third kappa shape index (κ3) is 4.89. The number of thiophene rings is 1. The van der Waals surface area contributed by atoms with Crippen molar-refractivity contribution in [2.24, 2.45) is 0 Å². The maximum atomic E-state index is 12.7. The molecule has 1 fully saturated rings. The number of carbonyl (C=O) groups excluding carboxylic acids is 2.